The van der Waals surface area contributed by atoms with E-state index in [1.54, 1.807) is 19.2 Å². The molecule has 0 bridgehead atoms. The van der Waals surface area contributed by atoms with Gasteiger partial charge in [0.25, 0.3) is 5.91 Å². The van der Waals surface area contributed by atoms with Gasteiger partial charge in [-0.1, -0.05) is 35.9 Å². The Balaban J connectivity index is 1.57. The second-order valence-corrected chi connectivity index (χ2v) is 12.8. The van der Waals surface area contributed by atoms with E-state index in [-0.39, 0.29) is 17.9 Å². The number of rotatable bonds is 11. The molecule has 0 saturated carbocycles. The molecule has 11 nitrogen and oxygen atoms in total. The van der Waals surface area contributed by atoms with Crippen LogP contribution in [0.2, 0.25) is 5.02 Å². The van der Waals surface area contributed by atoms with Crippen molar-refractivity contribution >= 4 is 45.0 Å². The number of nitrogens with zero attached hydrogens (tertiary/aromatic N) is 4. The molecule has 3 N–H and O–H groups in total. The molecule has 3 aromatic rings. The number of aryl methyl sites for hydroxylation is 1. The van der Waals surface area contributed by atoms with Crippen molar-refractivity contribution in [1.29, 1.82) is 0 Å². The molecule has 2 atom stereocenters. The minimum absolute atomic E-state index is 0.186. The highest BCUT2D eigenvalue weighted by molar-refractivity contribution is 7.88. The Kier molecular flexibility index (Phi) is 9.37. The number of carbonyl (C=O) groups excluding carboxylic acids is 1. The van der Waals surface area contributed by atoms with Gasteiger partial charge in [0.15, 0.2) is 5.82 Å². The predicted octanol–water partition coefficient (Wildman–Crippen LogP) is 3.45. The van der Waals surface area contributed by atoms with Gasteiger partial charge in [0, 0.05) is 25.7 Å². The number of aromatic nitrogens is 2. The van der Waals surface area contributed by atoms with E-state index in [9.17, 15) is 13.2 Å². The number of hydrogen-bond donors (Lipinski definition) is 3. The average molecular weight is 602 g/mol. The minimum Gasteiger partial charge on any atom is -0.495 e. The highest BCUT2D eigenvalue weighted by Gasteiger charge is 2.38. The Morgan fingerprint density at radius 3 is 2.61 bits per heavy atom. The molecule has 1 heterocycles. The van der Waals surface area contributed by atoms with Gasteiger partial charge in [0.1, 0.15) is 10.8 Å². The lowest BCUT2D eigenvalue weighted by Gasteiger charge is -2.29. The number of sulfonamides is 1. The van der Waals surface area contributed by atoms with E-state index in [0.29, 0.717) is 40.8 Å². The highest BCUT2D eigenvalue weighted by Crippen LogP contribution is 2.39. The highest BCUT2D eigenvalue weighted by atomic mass is 35.5. The van der Waals surface area contributed by atoms with E-state index in [0.717, 1.165) is 23.2 Å². The van der Waals surface area contributed by atoms with Crippen molar-refractivity contribution in [1.82, 2.24) is 24.5 Å². The third-order valence-corrected chi connectivity index (χ3v) is 8.61. The average Bonchev–Trinajstić information content (AvgIpc) is 3.27. The molecule has 0 aliphatic heterocycles. The quantitative estimate of drug-likeness (QED) is 0.303. The molecule has 41 heavy (non-hydrogen) atoms. The number of amides is 1. The number of anilines is 3. The van der Waals surface area contributed by atoms with Gasteiger partial charge in [-0.3, -0.25) is 4.79 Å². The summed E-state index contributed by atoms with van der Waals surface area (Å²) in [7, 11) is 3.51. The second-order valence-electron chi connectivity index (χ2n) is 10.3. The summed E-state index contributed by atoms with van der Waals surface area (Å²) in [5.74, 6) is 0.875. The number of ether oxygens (including phenoxy) is 1. The van der Waals surface area contributed by atoms with Crippen LogP contribution < -0.4 is 20.7 Å². The largest absolute Gasteiger partial charge is 0.495 e. The Hall–Kier alpha value is -3.45. The first kappa shape index (κ1) is 30.5. The van der Waals surface area contributed by atoms with Gasteiger partial charge in [-0.05, 0) is 56.3 Å². The molecule has 4 rings (SSSR count). The van der Waals surface area contributed by atoms with E-state index in [4.69, 9.17) is 16.3 Å². The Morgan fingerprint density at radius 1 is 1.20 bits per heavy atom. The zero-order valence-corrected chi connectivity index (χ0v) is 25.6. The van der Waals surface area contributed by atoms with Crippen LogP contribution in [0.15, 0.2) is 42.6 Å². The van der Waals surface area contributed by atoms with Crippen molar-refractivity contribution in [2.75, 3.05) is 58.2 Å². The van der Waals surface area contributed by atoms with Crippen LogP contribution in [0.1, 0.15) is 33.1 Å². The SMILES string of the molecule is COc1cc(C(=O)NCCN(C)C)c(C)cc1Nc1ncc(Cl)c(N[C@@H]2Cc3ccccc3[C@H]2N(C)S(C)(=O)=O)n1. The van der Waals surface area contributed by atoms with Crippen LogP contribution in [0.5, 0.6) is 5.75 Å². The molecule has 1 aliphatic carbocycles. The third kappa shape index (κ3) is 7.07. The fraction of sp³-hybridized carbons (Fsp3) is 0.393. The molecule has 2 aromatic carbocycles. The van der Waals surface area contributed by atoms with Crippen LogP contribution in [-0.2, 0) is 16.4 Å². The zero-order valence-electron chi connectivity index (χ0n) is 24.0. The summed E-state index contributed by atoms with van der Waals surface area (Å²) in [6, 6.07) is 10.5. The number of benzene rings is 2. The summed E-state index contributed by atoms with van der Waals surface area (Å²) in [4.78, 5) is 23.7. The van der Waals surface area contributed by atoms with Crippen LogP contribution in [0.3, 0.4) is 0 Å². The molecule has 0 saturated heterocycles. The molecule has 1 aromatic heterocycles. The van der Waals surface area contributed by atoms with Crippen molar-refractivity contribution in [2.45, 2.75) is 25.4 Å². The van der Waals surface area contributed by atoms with Crippen LogP contribution in [0.25, 0.3) is 0 Å². The second kappa shape index (κ2) is 12.6. The van der Waals surface area contributed by atoms with E-state index in [1.165, 1.54) is 23.9 Å². The zero-order chi connectivity index (χ0) is 29.9. The summed E-state index contributed by atoms with van der Waals surface area (Å²) in [6.07, 6.45) is 3.26. The molecule has 0 spiro atoms. The van der Waals surface area contributed by atoms with E-state index in [1.807, 2.05) is 50.2 Å². The van der Waals surface area contributed by atoms with Gasteiger partial charge < -0.3 is 25.6 Å². The summed E-state index contributed by atoms with van der Waals surface area (Å²) in [5, 5.41) is 9.74. The summed E-state index contributed by atoms with van der Waals surface area (Å²) in [5.41, 5.74) is 3.82. The maximum absolute atomic E-state index is 12.8. The first-order valence-electron chi connectivity index (χ1n) is 13.1. The molecule has 13 heteroatoms. The summed E-state index contributed by atoms with van der Waals surface area (Å²) < 4.78 is 31.9. The lowest BCUT2D eigenvalue weighted by Crippen LogP contribution is -2.39. The van der Waals surface area contributed by atoms with Gasteiger partial charge in [-0.15, -0.1) is 0 Å². The smallest absolute Gasteiger partial charge is 0.251 e. The molecule has 0 radical (unpaired) electrons. The number of carbonyl (C=O) groups is 1. The molecule has 220 valence electrons. The monoisotopic (exact) mass is 601 g/mol. The van der Waals surface area contributed by atoms with E-state index < -0.39 is 16.1 Å². The Bertz CT molecular complexity index is 1530. The lowest BCUT2D eigenvalue weighted by atomic mass is 10.1. The molecule has 0 fully saturated rings. The van der Waals surface area contributed by atoms with Crippen LogP contribution in [0.4, 0.5) is 17.5 Å². The third-order valence-electron chi connectivity index (χ3n) is 7.06. The topological polar surface area (TPSA) is 129 Å². The molecule has 0 unspecified atom stereocenters. The number of methoxy groups -OCH3 is 1. The minimum atomic E-state index is -3.47. The molecule has 1 aliphatic rings. The fourth-order valence-electron chi connectivity index (χ4n) is 4.87. The van der Waals surface area contributed by atoms with E-state index >= 15 is 0 Å². The number of nitrogens with one attached hydrogen (secondary N) is 3. The summed E-state index contributed by atoms with van der Waals surface area (Å²) >= 11 is 6.49. The standard InChI is InChI=1S/C28H36ClN7O4S/c1-17-13-22(24(40-5)15-20(17)27(37)30-11-12-35(2)3)33-28-31-16-21(29)26(34-28)32-23-14-18-9-7-8-10-19(18)25(23)36(4)41(6,38)39/h7-10,13,15-16,23,25H,11-12,14H2,1-6H3,(H,30,37)(H2,31,32,33,34)/t23-,25-/m1/s1. The lowest BCUT2D eigenvalue weighted by molar-refractivity contribution is 0.0950. The number of fused-ring (bicyclic) bond motifs is 1. The Morgan fingerprint density at radius 2 is 1.93 bits per heavy atom. The number of hydrogen-bond acceptors (Lipinski definition) is 9. The van der Waals surface area contributed by atoms with Gasteiger partial charge in [-0.2, -0.15) is 9.29 Å². The van der Waals surface area contributed by atoms with Crippen LogP contribution in [0, 0.1) is 6.92 Å². The van der Waals surface area contributed by atoms with Crippen molar-refractivity contribution in [3.63, 3.8) is 0 Å². The van der Waals surface area contributed by atoms with E-state index in [2.05, 4.69) is 25.9 Å². The van der Waals surface area contributed by atoms with Crippen LogP contribution in [-0.4, -0.2) is 87.1 Å². The first-order valence-corrected chi connectivity index (χ1v) is 15.3. The van der Waals surface area contributed by atoms with Crippen molar-refractivity contribution in [3.8, 4) is 5.75 Å². The normalized spacial score (nSPS) is 16.5. The van der Waals surface area contributed by atoms with Crippen molar-refractivity contribution in [3.05, 3.63) is 69.9 Å². The van der Waals surface area contributed by atoms with Crippen molar-refractivity contribution < 1.29 is 17.9 Å². The van der Waals surface area contributed by atoms with Gasteiger partial charge in [0.2, 0.25) is 16.0 Å². The molecule has 1 amide bonds. The molecular weight excluding hydrogens is 566 g/mol. The predicted molar refractivity (Wildman–Crippen MR) is 162 cm³/mol. The fourth-order valence-corrected chi connectivity index (χ4v) is 5.69. The number of halogens is 1. The Labute approximate surface area is 246 Å². The first-order chi connectivity index (χ1) is 19.4. The van der Waals surface area contributed by atoms with Crippen LogP contribution >= 0.6 is 11.6 Å². The van der Waals surface area contributed by atoms with Gasteiger partial charge >= 0.3 is 0 Å². The van der Waals surface area contributed by atoms with Gasteiger partial charge in [0.05, 0.1) is 37.3 Å². The van der Waals surface area contributed by atoms with Crippen molar-refractivity contribution in [2.24, 2.45) is 0 Å². The number of likely N-dealkylation sites (N-methyl/N-ethyl adjacent to an activating group) is 2. The maximum atomic E-state index is 12.8. The summed E-state index contributed by atoms with van der Waals surface area (Å²) in [6.45, 7) is 3.09. The molecular formula is C28H36ClN7O4S. The maximum Gasteiger partial charge on any atom is 0.251 e. The van der Waals surface area contributed by atoms with Gasteiger partial charge in [-0.25, -0.2) is 13.4 Å².